The average molecular weight is 284 g/mol. The lowest BCUT2D eigenvalue weighted by Gasteiger charge is -2.30. The maximum absolute atomic E-state index is 12.0. The maximum atomic E-state index is 12.0. The number of hydrogen-bond donors (Lipinski definition) is 2. The Bertz CT molecular complexity index is 336. The van der Waals surface area contributed by atoms with Crippen molar-refractivity contribution in [2.45, 2.75) is 58.9 Å². The van der Waals surface area contributed by atoms with Crippen LogP contribution in [0.25, 0.3) is 0 Å². The lowest BCUT2D eigenvalue weighted by molar-refractivity contribution is -0.139. The molecule has 1 rings (SSSR count). The smallest absolute Gasteiger partial charge is 0.303 e. The minimum Gasteiger partial charge on any atom is -0.481 e. The van der Waals surface area contributed by atoms with Crippen molar-refractivity contribution in [3.63, 3.8) is 0 Å². The van der Waals surface area contributed by atoms with Crippen LogP contribution in [0.1, 0.15) is 52.9 Å². The Hall–Kier alpha value is -1.10. The van der Waals surface area contributed by atoms with E-state index in [1.165, 1.54) is 19.3 Å². The lowest BCUT2D eigenvalue weighted by atomic mass is 9.85. The fourth-order valence-corrected chi connectivity index (χ4v) is 2.81. The van der Waals surface area contributed by atoms with Crippen molar-refractivity contribution in [2.24, 2.45) is 5.41 Å². The Morgan fingerprint density at radius 1 is 1.20 bits per heavy atom. The molecule has 0 radical (unpaired) electrons. The minimum absolute atomic E-state index is 0.0148. The number of nitrogens with one attached hydrogen (secondary N) is 1. The van der Waals surface area contributed by atoms with Gasteiger partial charge >= 0.3 is 5.97 Å². The Morgan fingerprint density at radius 3 is 2.35 bits per heavy atom. The number of hydrogen-bond acceptors (Lipinski definition) is 3. The molecule has 2 N–H and O–H groups in total. The molecule has 1 heterocycles. The Labute approximate surface area is 121 Å². The molecule has 20 heavy (non-hydrogen) atoms. The number of carboxylic acids is 1. The number of carbonyl (C=O) groups excluding carboxylic acids is 1. The summed E-state index contributed by atoms with van der Waals surface area (Å²) in [6.07, 6.45) is 4.06. The minimum atomic E-state index is -0.857. The summed E-state index contributed by atoms with van der Waals surface area (Å²) >= 11 is 0. The van der Waals surface area contributed by atoms with Gasteiger partial charge in [-0.05, 0) is 38.3 Å². The number of carbonyl (C=O) groups is 2. The van der Waals surface area contributed by atoms with Crippen LogP contribution in [-0.4, -0.2) is 47.6 Å². The highest BCUT2D eigenvalue weighted by Gasteiger charge is 2.26. The van der Waals surface area contributed by atoms with Gasteiger partial charge in [-0.15, -0.1) is 0 Å². The van der Waals surface area contributed by atoms with Crippen LogP contribution in [0, 0.1) is 5.41 Å². The van der Waals surface area contributed by atoms with E-state index in [0.717, 1.165) is 19.6 Å². The van der Waals surface area contributed by atoms with E-state index in [-0.39, 0.29) is 24.8 Å². The number of likely N-dealkylation sites (tertiary alicyclic amines) is 1. The summed E-state index contributed by atoms with van der Waals surface area (Å²) in [7, 11) is 0. The number of amides is 1. The quantitative estimate of drug-likeness (QED) is 0.749. The van der Waals surface area contributed by atoms with Gasteiger partial charge in [0.15, 0.2) is 0 Å². The summed E-state index contributed by atoms with van der Waals surface area (Å²) in [4.78, 5) is 25.1. The van der Waals surface area contributed by atoms with Gasteiger partial charge in [0.05, 0.1) is 6.42 Å². The first kappa shape index (κ1) is 17.0. The van der Waals surface area contributed by atoms with E-state index in [4.69, 9.17) is 5.11 Å². The summed E-state index contributed by atoms with van der Waals surface area (Å²) in [6.45, 7) is 8.75. The van der Waals surface area contributed by atoms with Gasteiger partial charge in [-0.3, -0.25) is 9.59 Å². The van der Waals surface area contributed by atoms with E-state index in [0.29, 0.717) is 0 Å². The molecule has 1 amide bonds. The lowest BCUT2D eigenvalue weighted by Crippen LogP contribution is -2.44. The van der Waals surface area contributed by atoms with Crippen molar-refractivity contribution < 1.29 is 14.7 Å². The molecule has 1 aliphatic heterocycles. The van der Waals surface area contributed by atoms with Gasteiger partial charge in [0.1, 0.15) is 0 Å². The number of carboxylic acid groups (broad SMARTS) is 1. The molecule has 0 aromatic carbocycles. The summed E-state index contributed by atoms with van der Waals surface area (Å²) in [5, 5.41) is 11.8. The summed E-state index contributed by atoms with van der Waals surface area (Å²) in [5.41, 5.74) is -0.499. The molecular weight excluding hydrogens is 256 g/mol. The Morgan fingerprint density at radius 2 is 1.80 bits per heavy atom. The van der Waals surface area contributed by atoms with Crippen molar-refractivity contribution in [2.75, 3.05) is 19.6 Å². The fraction of sp³-hybridized carbons (Fsp3) is 0.867. The molecule has 5 nitrogen and oxygen atoms in total. The van der Waals surface area contributed by atoms with Crippen LogP contribution in [0.15, 0.2) is 0 Å². The highest BCUT2D eigenvalue weighted by molar-refractivity contribution is 5.78. The number of piperidine rings is 1. The zero-order chi connectivity index (χ0) is 15.2. The van der Waals surface area contributed by atoms with Crippen molar-refractivity contribution in [1.82, 2.24) is 10.2 Å². The van der Waals surface area contributed by atoms with Gasteiger partial charge in [0.25, 0.3) is 0 Å². The second kappa shape index (κ2) is 7.62. The van der Waals surface area contributed by atoms with E-state index in [9.17, 15) is 9.59 Å². The molecule has 1 fully saturated rings. The predicted molar refractivity (Wildman–Crippen MR) is 78.5 cm³/mol. The van der Waals surface area contributed by atoms with Crippen molar-refractivity contribution in [3.8, 4) is 0 Å². The van der Waals surface area contributed by atoms with Crippen LogP contribution in [-0.2, 0) is 9.59 Å². The molecule has 0 aromatic heterocycles. The zero-order valence-corrected chi connectivity index (χ0v) is 12.9. The molecule has 116 valence electrons. The summed E-state index contributed by atoms with van der Waals surface area (Å²) in [5.74, 6) is -0.912. The molecule has 1 saturated heterocycles. The summed E-state index contributed by atoms with van der Waals surface area (Å²) < 4.78 is 0. The fourth-order valence-electron chi connectivity index (χ4n) is 2.81. The van der Waals surface area contributed by atoms with Gasteiger partial charge in [-0.1, -0.05) is 20.3 Å². The van der Waals surface area contributed by atoms with Crippen molar-refractivity contribution in [1.29, 1.82) is 0 Å². The van der Waals surface area contributed by atoms with Crippen LogP contribution < -0.4 is 5.32 Å². The van der Waals surface area contributed by atoms with Crippen LogP contribution >= 0.6 is 0 Å². The first-order valence-electron chi connectivity index (χ1n) is 7.52. The van der Waals surface area contributed by atoms with Crippen LogP contribution in [0.4, 0.5) is 0 Å². The number of rotatable bonds is 7. The topological polar surface area (TPSA) is 69.6 Å². The van der Waals surface area contributed by atoms with E-state index in [1.54, 1.807) is 0 Å². The second-order valence-electron chi connectivity index (χ2n) is 6.74. The molecule has 0 saturated carbocycles. The van der Waals surface area contributed by atoms with Gasteiger partial charge < -0.3 is 15.3 Å². The number of nitrogens with zero attached hydrogens (tertiary/aromatic N) is 1. The normalized spacial score (nSPS) is 18.6. The highest BCUT2D eigenvalue weighted by Crippen LogP contribution is 2.24. The standard InChI is InChI=1S/C15H28N2O3/c1-12(11-17-7-5-4-6-8-17)16-13(18)9-15(2,3)10-14(19)20/h12H,4-11H2,1-3H3,(H,16,18)(H,19,20). The monoisotopic (exact) mass is 284 g/mol. The maximum Gasteiger partial charge on any atom is 0.303 e. The van der Waals surface area contributed by atoms with E-state index < -0.39 is 11.4 Å². The highest BCUT2D eigenvalue weighted by atomic mass is 16.4. The Kier molecular flexibility index (Phi) is 6.46. The van der Waals surface area contributed by atoms with Crippen LogP contribution in [0.5, 0.6) is 0 Å². The molecule has 0 aliphatic carbocycles. The third-order valence-electron chi connectivity index (χ3n) is 3.66. The SMILES string of the molecule is CC(CN1CCCCC1)NC(=O)CC(C)(C)CC(=O)O. The molecule has 0 aromatic rings. The number of aliphatic carboxylic acids is 1. The van der Waals surface area contributed by atoms with Gasteiger partial charge in [-0.2, -0.15) is 0 Å². The first-order chi connectivity index (χ1) is 9.28. The van der Waals surface area contributed by atoms with Crippen molar-refractivity contribution >= 4 is 11.9 Å². The molecule has 5 heteroatoms. The predicted octanol–water partition coefficient (Wildman–Crippen LogP) is 1.87. The largest absolute Gasteiger partial charge is 0.481 e. The zero-order valence-electron chi connectivity index (χ0n) is 12.9. The molecular formula is C15H28N2O3. The van der Waals surface area contributed by atoms with E-state index in [2.05, 4.69) is 10.2 Å². The van der Waals surface area contributed by atoms with Crippen molar-refractivity contribution in [3.05, 3.63) is 0 Å². The van der Waals surface area contributed by atoms with Crippen LogP contribution in [0.3, 0.4) is 0 Å². The summed E-state index contributed by atoms with van der Waals surface area (Å²) in [6, 6.07) is 0.112. The van der Waals surface area contributed by atoms with Gasteiger partial charge in [-0.25, -0.2) is 0 Å². The molecule has 1 atom stereocenters. The first-order valence-corrected chi connectivity index (χ1v) is 7.52. The van der Waals surface area contributed by atoms with E-state index in [1.807, 2.05) is 20.8 Å². The third-order valence-corrected chi connectivity index (χ3v) is 3.66. The molecule has 0 spiro atoms. The average Bonchev–Trinajstić information content (AvgIpc) is 2.26. The molecule has 1 unspecified atom stereocenters. The van der Waals surface area contributed by atoms with Crippen LogP contribution in [0.2, 0.25) is 0 Å². The third kappa shape index (κ3) is 6.89. The molecule has 0 bridgehead atoms. The van der Waals surface area contributed by atoms with E-state index >= 15 is 0 Å². The van der Waals surface area contributed by atoms with Gasteiger partial charge in [0, 0.05) is 19.0 Å². The second-order valence-corrected chi connectivity index (χ2v) is 6.74. The Balaban J connectivity index is 2.31. The van der Waals surface area contributed by atoms with Gasteiger partial charge in [0.2, 0.25) is 5.91 Å². The molecule has 1 aliphatic rings.